The molecule has 2 aromatic rings. The summed E-state index contributed by atoms with van der Waals surface area (Å²) < 4.78 is 19.4. The highest BCUT2D eigenvalue weighted by Gasteiger charge is 2.07. The zero-order valence-corrected chi connectivity index (χ0v) is 11.7. The molecule has 5 heteroatoms. The standard InChI is InChI=1S/C14H17FN2OS/c1-10-13(19-9-17-10)5-6-18-8-12-4-2-3-11(7-16)14(12)15/h2-4,9H,5-8,16H2,1H3. The van der Waals surface area contributed by atoms with Crippen molar-refractivity contribution >= 4 is 11.3 Å². The van der Waals surface area contributed by atoms with Crippen LogP contribution in [-0.4, -0.2) is 11.6 Å². The predicted octanol–water partition coefficient (Wildman–Crippen LogP) is 2.81. The molecule has 1 aromatic carbocycles. The summed E-state index contributed by atoms with van der Waals surface area (Å²) in [6, 6.07) is 5.23. The second-order valence-corrected chi connectivity index (χ2v) is 5.20. The minimum Gasteiger partial charge on any atom is -0.376 e. The maximum absolute atomic E-state index is 13.9. The maximum atomic E-state index is 13.9. The summed E-state index contributed by atoms with van der Waals surface area (Å²) in [7, 11) is 0. The number of nitrogens with zero attached hydrogens (tertiary/aromatic N) is 1. The van der Waals surface area contributed by atoms with E-state index < -0.39 is 0 Å². The van der Waals surface area contributed by atoms with E-state index >= 15 is 0 Å². The van der Waals surface area contributed by atoms with E-state index in [1.165, 1.54) is 4.88 Å². The molecule has 0 bridgehead atoms. The van der Waals surface area contributed by atoms with Gasteiger partial charge in [-0.15, -0.1) is 11.3 Å². The Morgan fingerprint density at radius 1 is 1.37 bits per heavy atom. The van der Waals surface area contributed by atoms with Crippen molar-refractivity contribution < 1.29 is 9.13 Å². The zero-order valence-electron chi connectivity index (χ0n) is 10.9. The van der Waals surface area contributed by atoms with Gasteiger partial charge in [0.1, 0.15) is 5.82 Å². The predicted molar refractivity (Wildman–Crippen MR) is 74.5 cm³/mol. The lowest BCUT2D eigenvalue weighted by atomic mass is 10.1. The zero-order chi connectivity index (χ0) is 13.7. The third-order valence-electron chi connectivity index (χ3n) is 2.95. The lowest BCUT2D eigenvalue weighted by Gasteiger charge is -2.07. The van der Waals surface area contributed by atoms with Crippen LogP contribution in [-0.2, 0) is 24.3 Å². The monoisotopic (exact) mass is 280 g/mol. The summed E-state index contributed by atoms with van der Waals surface area (Å²) in [5.74, 6) is -0.251. The average Bonchev–Trinajstić information content (AvgIpc) is 2.82. The van der Waals surface area contributed by atoms with Crippen molar-refractivity contribution in [3.63, 3.8) is 0 Å². The molecular formula is C14H17FN2OS. The molecule has 0 radical (unpaired) electrons. The molecule has 0 aliphatic carbocycles. The third-order valence-corrected chi connectivity index (χ3v) is 3.95. The van der Waals surface area contributed by atoms with Crippen LogP contribution in [0.1, 0.15) is 21.7 Å². The Balaban J connectivity index is 1.85. The van der Waals surface area contributed by atoms with Crippen LogP contribution in [0.15, 0.2) is 23.7 Å². The number of benzene rings is 1. The van der Waals surface area contributed by atoms with Gasteiger partial charge in [-0.05, 0) is 6.92 Å². The van der Waals surface area contributed by atoms with E-state index in [9.17, 15) is 4.39 Å². The Bertz CT molecular complexity index is 542. The number of hydrogen-bond acceptors (Lipinski definition) is 4. The van der Waals surface area contributed by atoms with Crippen molar-refractivity contribution in [1.29, 1.82) is 0 Å². The number of aromatic nitrogens is 1. The van der Waals surface area contributed by atoms with Crippen molar-refractivity contribution in [2.45, 2.75) is 26.5 Å². The van der Waals surface area contributed by atoms with E-state index in [-0.39, 0.29) is 19.0 Å². The molecule has 2 rings (SSSR count). The van der Waals surface area contributed by atoms with Gasteiger partial charge in [-0.3, -0.25) is 0 Å². The molecule has 0 saturated heterocycles. The second-order valence-electron chi connectivity index (χ2n) is 4.26. The molecule has 1 aromatic heterocycles. The van der Waals surface area contributed by atoms with Gasteiger partial charge in [-0.1, -0.05) is 18.2 Å². The molecule has 0 aliphatic heterocycles. The molecule has 0 aliphatic rings. The normalized spacial score (nSPS) is 10.9. The van der Waals surface area contributed by atoms with Gasteiger partial charge in [0.15, 0.2) is 0 Å². The van der Waals surface area contributed by atoms with Crippen LogP contribution >= 0.6 is 11.3 Å². The van der Waals surface area contributed by atoms with Crippen molar-refractivity contribution in [2.75, 3.05) is 6.61 Å². The van der Waals surface area contributed by atoms with Gasteiger partial charge in [0.05, 0.1) is 24.4 Å². The molecular weight excluding hydrogens is 263 g/mol. The topological polar surface area (TPSA) is 48.1 Å². The van der Waals surface area contributed by atoms with Crippen LogP contribution in [0.2, 0.25) is 0 Å². The summed E-state index contributed by atoms with van der Waals surface area (Å²) in [6.07, 6.45) is 0.814. The van der Waals surface area contributed by atoms with Crippen LogP contribution in [0, 0.1) is 12.7 Å². The minimum atomic E-state index is -0.251. The number of hydrogen-bond donors (Lipinski definition) is 1. The fourth-order valence-electron chi connectivity index (χ4n) is 1.82. The molecule has 3 nitrogen and oxygen atoms in total. The summed E-state index contributed by atoms with van der Waals surface area (Å²) >= 11 is 1.62. The highest BCUT2D eigenvalue weighted by Crippen LogP contribution is 2.15. The fraction of sp³-hybridized carbons (Fsp3) is 0.357. The van der Waals surface area contributed by atoms with E-state index in [2.05, 4.69) is 4.98 Å². The quantitative estimate of drug-likeness (QED) is 0.828. The van der Waals surface area contributed by atoms with Crippen molar-refractivity contribution in [2.24, 2.45) is 5.73 Å². The van der Waals surface area contributed by atoms with Gasteiger partial charge in [-0.2, -0.15) is 0 Å². The second kappa shape index (κ2) is 6.75. The number of rotatable bonds is 6. The van der Waals surface area contributed by atoms with Crippen LogP contribution in [0.25, 0.3) is 0 Å². The lowest BCUT2D eigenvalue weighted by molar-refractivity contribution is 0.121. The van der Waals surface area contributed by atoms with Crippen molar-refractivity contribution in [1.82, 2.24) is 4.98 Å². The number of thiazole rings is 1. The summed E-state index contributed by atoms with van der Waals surface area (Å²) in [4.78, 5) is 5.40. The molecule has 0 spiro atoms. The van der Waals surface area contributed by atoms with Gasteiger partial charge in [0.25, 0.3) is 0 Å². The first-order valence-corrected chi connectivity index (χ1v) is 7.03. The largest absolute Gasteiger partial charge is 0.376 e. The van der Waals surface area contributed by atoms with Crippen LogP contribution in [0.4, 0.5) is 4.39 Å². The number of ether oxygens (including phenoxy) is 1. The third kappa shape index (κ3) is 3.59. The fourth-order valence-corrected chi connectivity index (χ4v) is 2.58. The van der Waals surface area contributed by atoms with Gasteiger partial charge in [0.2, 0.25) is 0 Å². The van der Waals surface area contributed by atoms with Crippen molar-refractivity contribution in [3.05, 3.63) is 51.2 Å². The van der Waals surface area contributed by atoms with Crippen LogP contribution in [0.3, 0.4) is 0 Å². The first-order chi connectivity index (χ1) is 9.22. The molecule has 0 fully saturated rings. The Morgan fingerprint density at radius 2 is 2.16 bits per heavy atom. The summed E-state index contributed by atoms with van der Waals surface area (Å²) in [6.45, 7) is 3.03. The Hall–Kier alpha value is -1.30. The summed E-state index contributed by atoms with van der Waals surface area (Å²) in [5.41, 5.74) is 9.43. The van der Waals surface area contributed by atoms with E-state index in [0.29, 0.717) is 17.7 Å². The number of aryl methyl sites for hydroxylation is 1. The van der Waals surface area contributed by atoms with Gasteiger partial charge in [-0.25, -0.2) is 9.37 Å². The van der Waals surface area contributed by atoms with Crippen LogP contribution in [0.5, 0.6) is 0 Å². The molecule has 102 valence electrons. The van der Waals surface area contributed by atoms with E-state index in [1.807, 2.05) is 12.4 Å². The number of nitrogens with two attached hydrogens (primary N) is 1. The van der Waals surface area contributed by atoms with E-state index in [1.54, 1.807) is 29.5 Å². The Morgan fingerprint density at radius 3 is 2.84 bits per heavy atom. The van der Waals surface area contributed by atoms with Crippen LogP contribution < -0.4 is 5.73 Å². The smallest absolute Gasteiger partial charge is 0.133 e. The SMILES string of the molecule is Cc1ncsc1CCOCc1cccc(CN)c1F. The Kier molecular flexibility index (Phi) is 5.01. The summed E-state index contributed by atoms with van der Waals surface area (Å²) in [5, 5.41) is 0. The maximum Gasteiger partial charge on any atom is 0.133 e. The highest BCUT2D eigenvalue weighted by atomic mass is 32.1. The molecule has 0 atom stereocenters. The van der Waals surface area contributed by atoms with Crippen molar-refractivity contribution in [3.8, 4) is 0 Å². The molecule has 2 N–H and O–H groups in total. The van der Waals surface area contributed by atoms with Gasteiger partial charge in [0, 0.05) is 29.0 Å². The van der Waals surface area contributed by atoms with E-state index in [4.69, 9.17) is 10.5 Å². The van der Waals surface area contributed by atoms with E-state index in [0.717, 1.165) is 12.1 Å². The Labute approximate surface area is 116 Å². The van der Waals surface area contributed by atoms with Gasteiger partial charge < -0.3 is 10.5 Å². The first-order valence-electron chi connectivity index (χ1n) is 6.15. The molecule has 0 saturated carbocycles. The number of halogens is 1. The average molecular weight is 280 g/mol. The first kappa shape index (κ1) is 14.1. The molecule has 19 heavy (non-hydrogen) atoms. The highest BCUT2D eigenvalue weighted by molar-refractivity contribution is 7.09. The lowest BCUT2D eigenvalue weighted by Crippen LogP contribution is -2.05. The molecule has 0 unspecified atom stereocenters. The minimum absolute atomic E-state index is 0.208. The molecule has 0 amide bonds. The molecule has 1 heterocycles. The van der Waals surface area contributed by atoms with Gasteiger partial charge >= 0.3 is 0 Å².